The Morgan fingerprint density at radius 2 is 1.83 bits per heavy atom. The topological polar surface area (TPSA) is 89.8 Å². The molecular formula is C17H15N2O5. The van der Waals surface area contributed by atoms with Crippen LogP contribution in [0.5, 0.6) is 0 Å². The Morgan fingerprint density at radius 3 is 2.38 bits per heavy atom. The highest BCUT2D eigenvalue weighted by atomic mass is 16.6. The van der Waals surface area contributed by atoms with Crippen molar-refractivity contribution < 1.29 is 19.2 Å². The fourth-order valence-electron chi connectivity index (χ4n) is 2.06. The van der Waals surface area contributed by atoms with E-state index in [1.165, 1.54) is 31.2 Å². The monoisotopic (exact) mass is 327 g/mol. The maximum absolute atomic E-state index is 12.3. The first-order valence-corrected chi connectivity index (χ1v) is 7.15. The van der Waals surface area contributed by atoms with Crippen molar-refractivity contribution in [2.45, 2.75) is 19.6 Å². The molecule has 7 heteroatoms. The standard InChI is InChI=1S/C17H15N2O5/c1-13(11-20)18(15-7-9-16(10-8-15)19(22)23)17(21)24-12-14-5-3-2-4-6-14/h2-10,13H,12H2,1H3/t13-/m0/s1. The van der Waals surface area contributed by atoms with E-state index in [2.05, 4.69) is 0 Å². The van der Waals surface area contributed by atoms with Crippen LogP contribution in [-0.4, -0.2) is 23.3 Å². The highest BCUT2D eigenvalue weighted by Crippen LogP contribution is 2.22. The minimum absolute atomic E-state index is 0.0503. The zero-order valence-electron chi connectivity index (χ0n) is 12.9. The predicted molar refractivity (Wildman–Crippen MR) is 87.4 cm³/mol. The molecule has 0 aliphatic rings. The number of anilines is 1. The molecule has 0 heterocycles. The van der Waals surface area contributed by atoms with E-state index in [0.717, 1.165) is 10.5 Å². The number of carbonyl (C=O) groups is 1. The maximum atomic E-state index is 12.3. The van der Waals surface area contributed by atoms with E-state index in [9.17, 15) is 19.7 Å². The van der Waals surface area contributed by atoms with E-state index in [1.54, 1.807) is 18.4 Å². The number of non-ortho nitro benzene ring substituents is 1. The summed E-state index contributed by atoms with van der Waals surface area (Å²) < 4.78 is 5.22. The number of nitrogens with zero attached hydrogens (tertiary/aromatic N) is 2. The molecule has 0 saturated heterocycles. The Bertz CT molecular complexity index is 716. The fourth-order valence-corrected chi connectivity index (χ4v) is 2.06. The molecule has 123 valence electrons. The molecule has 0 aromatic heterocycles. The molecular weight excluding hydrogens is 312 g/mol. The maximum Gasteiger partial charge on any atom is 0.415 e. The summed E-state index contributed by atoms with van der Waals surface area (Å²) in [4.78, 5) is 34.6. The number of carbonyl (C=O) groups excluding carboxylic acids is 2. The number of amides is 1. The van der Waals surface area contributed by atoms with Gasteiger partial charge in [0.1, 0.15) is 12.6 Å². The van der Waals surface area contributed by atoms with Gasteiger partial charge in [-0.3, -0.25) is 19.8 Å². The molecule has 2 aromatic carbocycles. The second kappa shape index (κ2) is 7.87. The Kier molecular flexibility index (Phi) is 5.62. The summed E-state index contributed by atoms with van der Waals surface area (Å²) in [5, 5.41) is 10.7. The molecule has 1 atom stereocenters. The number of nitro benzene ring substituents is 1. The highest BCUT2D eigenvalue weighted by molar-refractivity contribution is 5.92. The molecule has 0 N–H and O–H groups in total. The molecule has 1 amide bonds. The zero-order chi connectivity index (χ0) is 17.5. The van der Waals surface area contributed by atoms with Gasteiger partial charge in [0.2, 0.25) is 6.29 Å². The van der Waals surface area contributed by atoms with Crippen LogP contribution in [0.3, 0.4) is 0 Å². The van der Waals surface area contributed by atoms with E-state index in [1.807, 2.05) is 18.2 Å². The largest absolute Gasteiger partial charge is 0.444 e. The average molecular weight is 327 g/mol. The van der Waals surface area contributed by atoms with Crippen molar-refractivity contribution in [3.05, 3.63) is 70.3 Å². The molecule has 0 aliphatic carbocycles. The first kappa shape index (κ1) is 17.1. The van der Waals surface area contributed by atoms with Gasteiger partial charge in [-0.25, -0.2) is 4.79 Å². The van der Waals surface area contributed by atoms with Crippen LogP contribution in [0.2, 0.25) is 0 Å². The third-order valence-corrected chi connectivity index (χ3v) is 3.30. The summed E-state index contributed by atoms with van der Waals surface area (Å²) in [5.41, 5.74) is 1.01. The lowest BCUT2D eigenvalue weighted by Crippen LogP contribution is -2.40. The van der Waals surface area contributed by atoms with Crippen LogP contribution < -0.4 is 4.90 Å². The molecule has 0 fully saturated rings. The molecule has 0 aliphatic heterocycles. The molecule has 0 saturated carbocycles. The van der Waals surface area contributed by atoms with Crippen LogP contribution in [0.1, 0.15) is 12.5 Å². The lowest BCUT2D eigenvalue weighted by Gasteiger charge is -2.24. The minimum Gasteiger partial charge on any atom is -0.444 e. The minimum atomic E-state index is -0.894. The molecule has 0 unspecified atom stereocenters. The van der Waals surface area contributed by atoms with Crippen LogP contribution in [0.15, 0.2) is 54.6 Å². The quantitative estimate of drug-likeness (QED) is 0.600. The lowest BCUT2D eigenvalue weighted by atomic mass is 10.2. The second-order valence-electron chi connectivity index (χ2n) is 4.98. The second-order valence-corrected chi connectivity index (χ2v) is 4.98. The third kappa shape index (κ3) is 4.16. The number of nitro groups is 1. The van der Waals surface area contributed by atoms with E-state index in [0.29, 0.717) is 5.69 Å². The number of rotatable bonds is 6. The molecule has 1 radical (unpaired) electrons. The first-order chi connectivity index (χ1) is 11.5. The smallest absolute Gasteiger partial charge is 0.415 e. The number of hydrogen-bond donors (Lipinski definition) is 0. The van der Waals surface area contributed by atoms with Crippen molar-refractivity contribution in [2.24, 2.45) is 0 Å². The van der Waals surface area contributed by atoms with Gasteiger partial charge in [-0.2, -0.15) is 0 Å². The molecule has 0 spiro atoms. The van der Waals surface area contributed by atoms with E-state index >= 15 is 0 Å². The Balaban J connectivity index is 2.16. The fraction of sp³-hybridized carbons (Fsp3) is 0.176. The Hall–Kier alpha value is -3.22. The summed E-state index contributed by atoms with van der Waals surface area (Å²) in [5.74, 6) is 0. The van der Waals surface area contributed by atoms with Gasteiger partial charge in [0.25, 0.3) is 5.69 Å². The van der Waals surface area contributed by atoms with Crippen molar-refractivity contribution in [3.63, 3.8) is 0 Å². The number of benzene rings is 2. The Labute approximate surface area is 138 Å². The van der Waals surface area contributed by atoms with Crippen molar-refractivity contribution in [1.29, 1.82) is 0 Å². The summed E-state index contributed by atoms with van der Waals surface area (Å²) in [6, 6.07) is 13.5. The van der Waals surface area contributed by atoms with Gasteiger partial charge in [-0.15, -0.1) is 0 Å². The van der Waals surface area contributed by atoms with E-state index < -0.39 is 17.1 Å². The van der Waals surface area contributed by atoms with Gasteiger partial charge >= 0.3 is 6.09 Å². The van der Waals surface area contributed by atoms with E-state index in [-0.39, 0.29) is 12.3 Å². The van der Waals surface area contributed by atoms with Crippen molar-refractivity contribution in [1.82, 2.24) is 0 Å². The molecule has 7 nitrogen and oxygen atoms in total. The SMILES string of the molecule is C[C@@H]([C]=O)N(C(=O)OCc1ccccc1)c1ccc([N+](=O)[O-])cc1. The summed E-state index contributed by atoms with van der Waals surface area (Å²) in [6.07, 6.45) is 0.988. The van der Waals surface area contributed by atoms with E-state index in [4.69, 9.17) is 4.74 Å². The summed E-state index contributed by atoms with van der Waals surface area (Å²) >= 11 is 0. The van der Waals surface area contributed by atoms with Crippen molar-refractivity contribution in [2.75, 3.05) is 4.90 Å². The predicted octanol–water partition coefficient (Wildman–Crippen LogP) is 3.24. The lowest BCUT2D eigenvalue weighted by molar-refractivity contribution is -0.384. The van der Waals surface area contributed by atoms with Crippen LogP contribution in [0.4, 0.5) is 16.2 Å². The zero-order valence-corrected chi connectivity index (χ0v) is 12.9. The van der Waals surface area contributed by atoms with Gasteiger partial charge < -0.3 is 4.74 Å². The van der Waals surface area contributed by atoms with Gasteiger partial charge in [0.15, 0.2) is 0 Å². The van der Waals surface area contributed by atoms with Crippen LogP contribution in [-0.2, 0) is 16.1 Å². The number of ether oxygens (including phenoxy) is 1. The third-order valence-electron chi connectivity index (χ3n) is 3.30. The van der Waals surface area contributed by atoms with Crippen LogP contribution >= 0.6 is 0 Å². The van der Waals surface area contributed by atoms with Gasteiger partial charge in [0.05, 0.1) is 4.92 Å². The summed E-state index contributed by atoms with van der Waals surface area (Å²) in [7, 11) is 0. The molecule has 24 heavy (non-hydrogen) atoms. The Morgan fingerprint density at radius 1 is 1.21 bits per heavy atom. The highest BCUT2D eigenvalue weighted by Gasteiger charge is 2.24. The number of hydrogen-bond acceptors (Lipinski definition) is 5. The average Bonchev–Trinajstić information content (AvgIpc) is 2.61. The normalized spacial score (nSPS) is 11.4. The van der Waals surface area contributed by atoms with Crippen LogP contribution in [0, 0.1) is 10.1 Å². The summed E-state index contributed by atoms with van der Waals surface area (Å²) in [6.45, 7) is 1.53. The molecule has 0 bridgehead atoms. The van der Waals surface area contributed by atoms with Crippen LogP contribution in [0.25, 0.3) is 0 Å². The molecule has 2 rings (SSSR count). The molecule has 2 aromatic rings. The van der Waals surface area contributed by atoms with Gasteiger partial charge in [-0.05, 0) is 24.6 Å². The van der Waals surface area contributed by atoms with Crippen molar-refractivity contribution in [3.8, 4) is 0 Å². The van der Waals surface area contributed by atoms with Gasteiger partial charge in [-0.1, -0.05) is 30.3 Å². The van der Waals surface area contributed by atoms with Gasteiger partial charge in [0, 0.05) is 17.8 Å². The first-order valence-electron chi connectivity index (χ1n) is 7.15. The van der Waals surface area contributed by atoms with Crippen molar-refractivity contribution >= 4 is 23.8 Å².